The maximum atomic E-state index is 12.9. The van der Waals surface area contributed by atoms with Gasteiger partial charge < -0.3 is 20.3 Å². The van der Waals surface area contributed by atoms with Crippen LogP contribution in [-0.4, -0.2) is 53.6 Å². The molecule has 0 spiro atoms. The monoisotopic (exact) mass is 437 g/mol. The number of benzene rings is 1. The lowest BCUT2D eigenvalue weighted by molar-refractivity contribution is -0.138. The Kier molecular flexibility index (Phi) is 6.99. The lowest BCUT2D eigenvalue weighted by atomic mass is 10.0. The number of hydrogen-bond donors (Lipinski definition) is 2. The summed E-state index contributed by atoms with van der Waals surface area (Å²) >= 11 is 0. The highest BCUT2D eigenvalue weighted by molar-refractivity contribution is 5.95. The number of nitrogens with one attached hydrogen (secondary N) is 2. The Morgan fingerprint density at radius 2 is 2.00 bits per heavy atom. The molecule has 168 valence electrons. The predicted molar refractivity (Wildman–Crippen MR) is 111 cm³/mol. The fourth-order valence-corrected chi connectivity index (χ4v) is 3.52. The second-order valence-corrected chi connectivity index (χ2v) is 7.41. The number of amides is 1. The Morgan fingerprint density at radius 1 is 1.29 bits per heavy atom. The first kappa shape index (κ1) is 22.8. The van der Waals surface area contributed by atoms with Crippen molar-refractivity contribution >= 4 is 17.5 Å². The number of aryl methyl sites for hydroxylation is 1. The average molecular weight is 437 g/mol. The van der Waals surface area contributed by atoms with Crippen molar-refractivity contribution in [2.45, 2.75) is 38.9 Å². The van der Waals surface area contributed by atoms with Crippen LogP contribution in [0.2, 0.25) is 0 Å². The summed E-state index contributed by atoms with van der Waals surface area (Å²) in [6.45, 7) is 6.32. The molecule has 1 aromatic heterocycles. The highest BCUT2D eigenvalue weighted by atomic mass is 19.4. The summed E-state index contributed by atoms with van der Waals surface area (Å²) < 4.78 is 44.0. The van der Waals surface area contributed by atoms with E-state index in [1.807, 2.05) is 0 Å². The first-order valence-corrected chi connectivity index (χ1v) is 10.1. The number of aromatic nitrogens is 2. The molecule has 0 atom stereocenters. The number of likely N-dealkylation sites (tertiary alicyclic amines) is 1. The summed E-state index contributed by atoms with van der Waals surface area (Å²) in [5.41, 5.74) is -0.199. The van der Waals surface area contributed by atoms with E-state index in [2.05, 4.69) is 32.4 Å². The van der Waals surface area contributed by atoms with Crippen molar-refractivity contribution in [1.82, 2.24) is 20.2 Å². The Bertz CT molecular complexity index is 928. The zero-order chi connectivity index (χ0) is 22.6. The molecule has 0 bridgehead atoms. The number of anilines is 2. The molecule has 2 aromatic rings. The SMILES string of the molecule is CCN1CCC(NC(=O)c2ccc(Nc3ncc(C(F)(F)F)c(C)n3)c(OC)c2)CC1. The van der Waals surface area contributed by atoms with Gasteiger partial charge in [-0.05, 0) is 44.5 Å². The molecule has 0 saturated carbocycles. The maximum Gasteiger partial charge on any atom is 0.419 e. The zero-order valence-corrected chi connectivity index (χ0v) is 17.7. The van der Waals surface area contributed by atoms with E-state index < -0.39 is 11.7 Å². The van der Waals surface area contributed by atoms with E-state index in [-0.39, 0.29) is 23.6 Å². The molecule has 1 aromatic carbocycles. The summed E-state index contributed by atoms with van der Waals surface area (Å²) in [5.74, 6) is 0.166. The molecule has 0 unspecified atom stereocenters. The molecule has 1 saturated heterocycles. The van der Waals surface area contributed by atoms with Gasteiger partial charge in [0.1, 0.15) is 5.75 Å². The summed E-state index contributed by atoms with van der Waals surface area (Å²) in [6.07, 6.45) is -1.97. The van der Waals surface area contributed by atoms with Crippen LogP contribution >= 0.6 is 0 Å². The van der Waals surface area contributed by atoms with Crippen LogP contribution in [0.4, 0.5) is 24.8 Å². The summed E-state index contributed by atoms with van der Waals surface area (Å²) in [4.78, 5) is 22.6. The lowest BCUT2D eigenvalue weighted by Crippen LogP contribution is -2.44. The Morgan fingerprint density at radius 3 is 2.58 bits per heavy atom. The van der Waals surface area contributed by atoms with Crippen molar-refractivity contribution in [3.05, 3.63) is 41.2 Å². The number of piperidine rings is 1. The number of halogens is 3. The fraction of sp³-hybridized carbons (Fsp3) is 0.476. The smallest absolute Gasteiger partial charge is 0.419 e. The van der Waals surface area contributed by atoms with Gasteiger partial charge in [-0.1, -0.05) is 6.92 Å². The second-order valence-electron chi connectivity index (χ2n) is 7.41. The van der Waals surface area contributed by atoms with Crippen LogP contribution in [0, 0.1) is 6.92 Å². The minimum Gasteiger partial charge on any atom is -0.495 e. The van der Waals surface area contributed by atoms with Crippen LogP contribution in [0.3, 0.4) is 0 Å². The van der Waals surface area contributed by atoms with Gasteiger partial charge in [0.25, 0.3) is 5.91 Å². The van der Waals surface area contributed by atoms with Crippen molar-refractivity contribution in [3.8, 4) is 5.75 Å². The minimum absolute atomic E-state index is 0.00341. The van der Waals surface area contributed by atoms with Crippen LogP contribution < -0.4 is 15.4 Å². The molecule has 2 N–H and O–H groups in total. The molecular weight excluding hydrogens is 411 g/mol. The number of rotatable bonds is 6. The molecule has 2 heterocycles. The van der Waals surface area contributed by atoms with Gasteiger partial charge in [0, 0.05) is 30.9 Å². The molecular formula is C21H26F3N5O2. The minimum atomic E-state index is -4.51. The van der Waals surface area contributed by atoms with Gasteiger partial charge in [-0.3, -0.25) is 4.79 Å². The van der Waals surface area contributed by atoms with Gasteiger partial charge in [-0.25, -0.2) is 9.97 Å². The van der Waals surface area contributed by atoms with Gasteiger partial charge in [-0.2, -0.15) is 13.2 Å². The van der Waals surface area contributed by atoms with E-state index in [9.17, 15) is 18.0 Å². The molecule has 0 aliphatic carbocycles. The van der Waals surface area contributed by atoms with E-state index in [0.29, 0.717) is 17.0 Å². The molecule has 31 heavy (non-hydrogen) atoms. The van der Waals surface area contributed by atoms with E-state index in [0.717, 1.165) is 38.7 Å². The van der Waals surface area contributed by atoms with E-state index in [1.165, 1.54) is 14.0 Å². The summed E-state index contributed by atoms with van der Waals surface area (Å²) in [6, 6.07) is 4.94. The largest absolute Gasteiger partial charge is 0.495 e. The standard InChI is InChI=1S/C21H26F3N5O2/c1-4-29-9-7-15(8-10-29)27-19(30)14-5-6-17(18(11-14)31-3)28-20-25-12-16(13(2)26-20)21(22,23)24/h5-6,11-12,15H,4,7-10H2,1-3H3,(H,27,30)(H,25,26,28). The fourth-order valence-electron chi connectivity index (χ4n) is 3.52. The first-order chi connectivity index (χ1) is 14.7. The lowest BCUT2D eigenvalue weighted by Gasteiger charge is -2.31. The van der Waals surface area contributed by atoms with Crippen molar-refractivity contribution in [3.63, 3.8) is 0 Å². The van der Waals surface area contributed by atoms with E-state index in [4.69, 9.17) is 4.74 Å². The number of carbonyl (C=O) groups excluding carboxylic acids is 1. The second kappa shape index (κ2) is 9.51. The molecule has 7 nitrogen and oxygen atoms in total. The normalized spacial score (nSPS) is 15.5. The number of alkyl halides is 3. The molecule has 10 heteroatoms. The van der Waals surface area contributed by atoms with E-state index >= 15 is 0 Å². The third-order valence-electron chi connectivity index (χ3n) is 5.36. The van der Waals surface area contributed by atoms with Gasteiger partial charge >= 0.3 is 6.18 Å². The molecule has 1 aliphatic heterocycles. The van der Waals surface area contributed by atoms with Crippen LogP contribution in [-0.2, 0) is 6.18 Å². The van der Waals surface area contributed by atoms with Crippen LogP contribution in [0.25, 0.3) is 0 Å². The van der Waals surface area contributed by atoms with Gasteiger partial charge in [0.2, 0.25) is 5.95 Å². The molecule has 0 radical (unpaired) electrons. The summed E-state index contributed by atoms with van der Waals surface area (Å²) in [7, 11) is 1.45. The molecule has 3 rings (SSSR count). The average Bonchev–Trinajstić information content (AvgIpc) is 2.73. The van der Waals surface area contributed by atoms with Crippen molar-refractivity contribution < 1.29 is 22.7 Å². The third kappa shape index (κ3) is 5.63. The Hall–Kier alpha value is -2.88. The van der Waals surface area contributed by atoms with Gasteiger partial charge in [-0.15, -0.1) is 0 Å². The van der Waals surface area contributed by atoms with Crippen LogP contribution in [0.1, 0.15) is 41.4 Å². The van der Waals surface area contributed by atoms with Crippen LogP contribution in [0.5, 0.6) is 5.75 Å². The number of methoxy groups -OCH3 is 1. The molecule has 1 amide bonds. The first-order valence-electron chi connectivity index (χ1n) is 10.1. The van der Waals surface area contributed by atoms with Crippen LogP contribution in [0.15, 0.2) is 24.4 Å². The number of ether oxygens (including phenoxy) is 1. The van der Waals surface area contributed by atoms with E-state index in [1.54, 1.807) is 18.2 Å². The highest BCUT2D eigenvalue weighted by Crippen LogP contribution is 2.32. The number of nitrogens with zero attached hydrogens (tertiary/aromatic N) is 3. The quantitative estimate of drug-likeness (QED) is 0.716. The Labute approximate surface area is 179 Å². The third-order valence-corrected chi connectivity index (χ3v) is 5.36. The maximum absolute atomic E-state index is 12.9. The van der Waals surface area contributed by atoms with Gasteiger partial charge in [0.15, 0.2) is 0 Å². The van der Waals surface area contributed by atoms with Crippen molar-refractivity contribution in [2.75, 3.05) is 32.1 Å². The number of carbonyl (C=O) groups is 1. The zero-order valence-electron chi connectivity index (χ0n) is 17.7. The molecule has 1 fully saturated rings. The molecule has 1 aliphatic rings. The Balaban J connectivity index is 1.70. The van der Waals surface area contributed by atoms with Gasteiger partial charge in [0.05, 0.1) is 24.1 Å². The topological polar surface area (TPSA) is 79.4 Å². The number of hydrogen-bond acceptors (Lipinski definition) is 6. The van der Waals surface area contributed by atoms with Crippen molar-refractivity contribution in [2.24, 2.45) is 0 Å². The highest BCUT2D eigenvalue weighted by Gasteiger charge is 2.33. The van der Waals surface area contributed by atoms with Crippen molar-refractivity contribution in [1.29, 1.82) is 0 Å². The predicted octanol–water partition coefficient (Wildman–Crippen LogP) is 3.77. The summed E-state index contributed by atoms with van der Waals surface area (Å²) in [5, 5.41) is 5.91.